The first-order valence-corrected chi connectivity index (χ1v) is 5.62. The fourth-order valence-corrected chi connectivity index (χ4v) is 2.98. The van der Waals surface area contributed by atoms with Gasteiger partial charge in [0.1, 0.15) is 0 Å². The van der Waals surface area contributed by atoms with Crippen LogP contribution < -0.4 is 5.32 Å². The average Bonchev–Trinajstić information content (AvgIpc) is 2.43. The first-order chi connectivity index (χ1) is 7.30. The number of rotatable bonds is 2. The molecule has 1 aromatic rings. The van der Waals surface area contributed by atoms with Crippen LogP contribution in [0.3, 0.4) is 0 Å². The van der Waals surface area contributed by atoms with Crippen LogP contribution in [0.2, 0.25) is 0 Å². The van der Waals surface area contributed by atoms with Crippen molar-refractivity contribution in [3.63, 3.8) is 0 Å². The van der Waals surface area contributed by atoms with E-state index in [9.17, 15) is 4.79 Å². The third-order valence-corrected chi connectivity index (χ3v) is 4.00. The van der Waals surface area contributed by atoms with Crippen LogP contribution in [0, 0.1) is 11.3 Å². The molecule has 0 radical (unpaired) electrons. The van der Waals surface area contributed by atoms with Crippen molar-refractivity contribution in [1.29, 1.82) is 0 Å². The molecule has 1 aliphatic carbocycles. The highest BCUT2D eigenvalue weighted by molar-refractivity contribution is 5.83. The molecule has 2 atom stereocenters. The van der Waals surface area contributed by atoms with Gasteiger partial charge in [0.15, 0.2) is 0 Å². The van der Waals surface area contributed by atoms with E-state index in [4.69, 9.17) is 0 Å². The van der Waals surface area contributed by atoms with Gasteiger partial charge >= 0.3 is 0 Å². The minimum atomic E-state index is 0.248. The lowest BCUT2D eigenvalue weighted by Crippen LogP contribution is -2.42. The van der Waals surface area contributed by atoms with Crippen LogP contribution >= 0.6 is 0 Å². The molecule has 1 aromatic carbocycles. The summed E-state index contributed by atoms with van der Waals surface area (Å²) < 4.78 is 0. The molecule has 2 unspecified atom stereocenters. The highest BCUT2D eigenvalue weighted by Crippen LogP contribution is 2.51. The van der Waals surface area contributed by atoms with Crippen LogP contribution in [0.15, 0.2) is 30.3 Å². The molecule has 0 spiro atoms. The van der Waals surface area contributed by atoms with Crippen LogP contribution in [0.5, 0.6) is 0 Å². The van der Waals surface area contributed by atoms with Crippen molar-refractivity contribution in [2.45, 2.75) is 19.3 Å². The molecular weight excluding hydrogens is 186 g/mol. The lowest BCUT2D eigenvalue weighted by molar-refractivity contribution is -0.127. The number of amides is 1. The number of fused-ring (bicyclic) bond motifs is 1. The smallest absolute Gasteiger partial charge is 0.223 e. The van der Waals surface area contributed by atoms with Crippen LogP contribution in [0.1, 0.15) is 18.4 Å². The minimum absolute atomic E-state index is 0.248. The first kappa shape index (κ1) is 8.96. The second-order valence-corrected chi connectivity index (χ2v) is 4.83. The van der Waals surface area contributed by atoms with Gasteiger partial charge in [-0.25, -0.2) is 0 Å². The van der Waals surface area contributed by atoms with Gasteiger partial charge < -0.3 is 5.32 Å². The van der Waals surface area contributed by atoms with E-state index >= 15 is 0 Å². The molecule has 2 fully saturated rings. The number of carbonyl (C=O) groups excluding carboxylic acids is 1. The Morgan fingerprint density at radius 3 is 2.73 bits per heavy atom. The highest BCUT2D eigenvalue weighted by Gasteiger charge is 2.54. The Bertz CT molecular complexity index is 387. The molecule has 3 rings (SSSR count). The predicted molar refractivity (Wildman–Crippen MR) is 58.3 cm³/mol. The molecule has 1 heterocycles. The third kappa shape index (κ3) is 1.28. The molecule has 0 aromatic heterocycles. The van der Waals surface area contributed by atoms with Gasteiger partial charge in [0, 0.05) is 17.9 Å². The number of nitrogens with one attached hydrogen (secondary N) is 1. The van der Waals surface area contributed by atoms with Crippen molar-refractivity contribution >= 4 is 5.91 Å². The molecule has 15 heavy (non-hydrogen) atoms. The van der Waals surface area contributed by atoms with Crippen LogP contribution in [-0.4, -0.2) is 12.5 Å². The van der Waals surface area contributed by atoms with Gasteiger partial charge in [-0.2, -0.15) is 0 Å². The lowest BCUT2D eigenvalue weighted by atomic mass is 9.59. The van der Waals surface area contributed by atoms with E-state index < -0.39 is 0 Å². The van der Waals surface area contributed by atoms with E-state index in [1.54, 1.807) is 0 Å². The molecule has 2 heteroatoms. The summed E-state index contributed by atoms with van der Waals surface area (Å²) >= 11 is 0. The van der Waals surface area contributed by atoms with Crippen molar-refractivity contribution in [2.75, 3.05) is 6.54 Å². The largest absolute Gasteiger partial charge is 0.355 e. The van der Waals surface area contributed by atoms with E-state index in [-0.39, 0.29) is 17.2 Å². The van der Waals surface area contributed by atoms with Gasteiger partial charge in [-0.05, 0) is 24.8 Å². The Morgan fingerprint density at radius 1 is 1.33 bits per heavy atom. The summed E-state index contributed by atoms with van der Waals surface area (Å²) in [5.74, 6) is 0.565. The minimum Gasteiger partial charge on any atom is -0.355 e. The Balaban J connectivity index is 1.82. The molecule has 1 saturated carbocycles. The second-order valence-electron chi connectivity index (χ2n) is 4.83. The van der Waals surface area contributed by atoms with Gasteiger partial charge in [-0.1, -0.05) is 30.3 Å². The fourth-order valence-electron chi connectivity index (χ4n) is 2.98. The van der Waals surface area contributed by atoms with Gasteiger partial charge in [0.25, 0.3) is 0 Å². The van der Waals surface area contributed by atoms with E-state index in [0.29, 0.717) is 0 Å². The number of hydrogen-bond acceptors (Lipinski definition) is 1. The van der Waals surface area contributed by atoms with Gasteiger partial charge in [0.2, 0.25) is 5.91 Å². The number of hydrogen-bond donors (Lipinski definition) is 1. The van der Waals surface area contributed by atoms with Crippen LogP contribution in [0.25, 0.3) is 0 Å². The summed E-state index contributed by atoms with van der Waals surface area (Å²) in [4.78, 5) is 11.5. The number of benzene rings is 1. The lowest BCUT2D eigenvalue weighted by Gasteiger charge is -2.42. The zero-order chi connectivity index (χ0) is 10.3. The average molecular weight is 201 g/mol. The van der Waals surface area contributed by atoms with Crippen molar-refractivity contribution in [3.8, 4) is 0 Å². The van der Waals surface area contributed by atoms with Gasteiger partial charge in [0.05, 0.1) is 0 Å². The molecule has 0 bridgehead atoms. The van der Waals surface area contributed by atoms with E-state index in [1.165, 1.54) is 12.0 Å². The van der Waals surface area contributed by atoms with E-state index in [2.05, 4.69) is 29.6 Å². The fraction of sp³-hybridized carbons (Fsp3) is 0.462. The highest BCUT2D eigenvalue weighted by atomic mass is 16.2. The van der Waals surface area contributed by atoms with Crippen molar-refractivity contribution in [2.24, 2.45) is 11.3 Å². The Kier molecular flexibility index (Phi) is 1.84. The van der Waals surface area contributed by atoms with E-state index in [1.807, 2.05) is 6.07 Å². The molecule has 1 amide bonds. The summed E-state index contributed by atoms with van der Waals surface area (Å²) in [5.41, 5.74) is 1.61. The first-order valence-electron chi connectivity index (χ1n) is 5.62. The summed E-state index contributed by atoms with van der Waals surface area (Å²) in [6.45, 7) is 0.880. The van der Waals surface area contributed by atoms with E-state index in [0.717, 1.165) is 19.4 Å². The molecule has 2 aliphatic rings. The Labute approximate surface area is 89.7 Å². The van der Waals surface area contributed by atoms with Crippen molar-refractivity contribution in [3.05, 3.63) is 35.9 Å². The topological polar surface area (TPSA) is 29.1 Å². The van der Waals surface area contributed by atoms with Gasteiger partial charge in [-0.3, -0.25) is 4.79 Å². The predicted octanol–water partition coefficient (Wildman–Crippen LogP) is 1.76. The molecule has 1 N–H and O–H groups in total. The Hall–Kier alpha value is -1.31. The summed E-state index contributed by atoms with van der Waals surface area (Å²) in [6, 6.07) is 10.5. The summed E-state index contributed by atoms with van der Waals surface area (Å²) in [7, 11) is 0. The maximum Gasteiger partial charge on any atom is 0.223 e. The quantitative estimate of drug-likeness (QED) is 0.776. The third-order valence-electron chi connectivity index (χ3n) is 4.00. The second kappa shape index (κ2) is 3.09. The SMILES string of the molecule is O=C1NCC2(Cc3ccccc3)CCC12. The van der Waals surface area contributed by atoms with Gasteiger partial charge in [-0.15, -0.1) is 0 Å². The normalized spacial score (nSPS) is 33.1. The van der Waals surface area contributed by atoms with Crippen LogP contribution in [0.4, 0.5) is 0 Å². The van der Waals surface area contributed by atoms with Crippen LogP contribution in [-0.2, 0) is 11.2 Å². The zero-order valence-corrected chi connectivity index (χ0v) is 8.70. The van der Waals surface area contributed by atoms with Crippen molar-refractivity contribution in [1.82, 2.24) is 5.32 Å². The monoisotopic (exact) mass is 201 g/mol. The molecule has 78 valence electrons. The Morgan fingerprint density at radius 2 is 2.13 bits per heavy atom. The summed E-state index contributed by atoms with van der Waals surface area (Å²) in [6.07, 6.45) is 3.33. The number of carbonyl (C=O) groups is 1. The zero-order valence-electron chi connectivity index (χ0n) is 8.70. The van der Waals surface area contributed by atoms with Crippen molar-refractivity contribution < 1.29 is 4.79 Å². The molecule has 1 saturated heterocycles. The summed E-state index contributed by atoms with van der Waals surface area (Å²) in [5, 5.41) is 3.00. The molecular formula is C13H15NO. The maximum absolute atomic E-state index is 11.5. The molecule has 2 nitrogen and oxygen atoms in total. The standard InChI is InChI=1S/C13H15NO/c15-12-11-6-7-13(11,9-14-12)8-10-4-2-1-3-5-10/h1-5,11H,6-9H2,(H,14,15). The molecule has 1 aliphatic heterocycles. The maximum atomic E-state index is 11.5.